The second-order valence-electron chi connectivity index (χ2n) is 7.80. The zero-order valence-corrected chi connectivity index (χ0v) is 19.8. The lowest BCUT2D eigenvalue weighted by Crippen LogP contribution is -2.27. The first-order valence-corrected chi connectivity index (χ1v) is 11.1. The molecule has 0 spiro atoms. The molecule has 0 saturated carbocycles. The van der Waals surface area contributed by atoms with Gasteiger partial charge >= 0.3 is 6.09 Å². The Labute approximate surface area is 199 Å². The number of nitrogens with two attached hydrogens (primary N) is 1. The highest BCUT2D eigenvalue weighted by molar-refractivity contribution is 5.80. The van der Waals surface area contributed by atoms with Gasteiger partial charge in [-0.25, -0.2) is 4.79 Å². The van der Waals surface area contributed by atoms with Crippen LogP contribution in [0.15, 0.2) is 48.5 Å². The molecule has 34 heavy (non-hydrogen) atoms. The van der Waals surface area contributed by atoms with Crippen LogP contribution in [0.5, 0.6) is 0 Å². The molecule has 2 unspecified atom stereocenters. The van der Waals surface area contributed by atoms with Crippen LogP contribution in [0.4, 0.5) is 4.79 Å². The lowest BCUT2D eigenvalue weighted by molar-refractivity contribution is -0.117. The molecule has 0 fully saturated rings. The quantitative estimate of drug-likeness (QED) is 0.409. The summed E-state index contributed by atoms with van der Waals surface area (Å²) in [5.41, 5.74) is 7.64. The van der Waals surface area contributed by atoms with Crippen LogP contribution < -0.4 is 11.1 Å². The van der Waals surface area contributed by atoms with Gasteiger partial charge in [-0.15, -0.1) is 10.2 Å². The molecule has 10 nitrogen and oxygen atoms in total. The molecular weight excluding hydrogens is 438 g/mol. The number of fused-ring (bicyclic) bond motifs is 1. The van der Waals surface area contributed by atoms with E-state index in [4.69, 9.17) is 20.3 Å². The molecule has 2 heterocycles. The minimum absolute atomic E-state index is 0.00285. The smallest absolute Gasteiger partial charge is 0.407 e. The van der Waals surface area contributed by atoms with Crippen LogP contribution >= 0.6 is 0 Å². The predicted octanol–water partition coefficient (Wildman–Crippen LogP) is 2.19. The van der Waals surface area contributed by atoms with Gasteiger partial charge in [0.25, 0.3) is 0 Å². The second kappa shape index (κ2) is 14.0. The van der Waals surface area contributed by atoms with E-state index in [9.17, 15) is 9.59 Å². The van der Waals surface area contributed by atoms with Gasteiger partial charge in [-0.3, -0.25) is 9.20 Å². The van der Waals surface area contributed by atoms with Crippen LogP contribution in [0.3, 0.4) is 0 Å². The number of hydrogen-bond acceptors (Lipinski definition) is 8. The van der Waals surface area contributed by atoms with Crippen molar-refractivity contribution < 1.29 is 24.2 Å². The summed E-state index contributed by atoms with van der Waals surface area (Å²) in [6.45, 7) is 6.26. The number of ether oxygens (including phenoxy) is 2. The third-order valence-corrected chi connectivity index (χ3v) is 4.83. The zero-order valence-electron chi connectivity index (χ0n) is 19.8. The van der Waals surface area contributed by atoms with E-state index >= 15 is 0 Å². The Bertz CT molecular complexity index is 1040. The van der Waals surface area contributed by atoms with E-state index in [0.717, 1.165) is 17.1 Å². The number of aliphatic hydroxyl groups excluding tert-OH is 1. The van der Waals surface area contributed by atoms with Gasteiger partial charge in [0.2, 0.25) is 0 Å². The highest BCUT2D eigenvalue weighted by Crippen LogP contribution is 2.18. The molecule has 10 heteroatoms. The molecule has 1 amide bonds. The average Bonchev–Trinajstić information content (AvgIpc) is 3.27. The van der Waals surface area contributed by atoms with E-state index < -0.39 is 6.09 Å². The fourth-order valence-corrected chi connectivity index (χ4v) is 2.81. The largest absolute Gasteiger partial charge is 0.443 e. The van der Waals surface area contributed by atoms with Gasteiger partial charge in [-0.1, -0.05) is 43.3 Å². The number of amides is 1. The van der Waals surface area contributed by atoms with Crippen LogP contribution in [0, 0.1) is 0 Å². The molecule has 0 bridgehead atoms. The van der Waals surface area contributed by atoms with E-state index in [-0.39, 0.29) is 37.5 Å². The molecule has 3 aromatic rings. The lowest BCUT2D eigenvalue weighted by atomic mass is 10.2. The molecule has 1 aromatic carbocycles. The minimum atomic E-state index is -0.583. The Hall–Kier alpha value is -3.34. The average molecular weight is 472 g/mol. The number of carbonyl (C=O) groups excluding carboxylic acids is 2. The second-order valence-corrected chi connectivity index (χ2v) is 7.80. The first-order chi connectivity index (χ1) is 16.3. The van der Waals surface area contributed by atoms with E-state index in [1.54, 1.807) is 6.92 Å². The number of ketones is 1. The number of aliphatic hydroxyl groups is 1. The van der Waals surface area contributed by atoms with Gasteiger partial charge in [0, 0.05) is 12.5 Å². The number of rotatable bonds is 10. The summed E-state index contributed by atoms with van der Waals surface area (Å²) in [5, 5.41) is 19.7. The molecule has 3 rings (SSSR count). The molecule has 0 aliphatic rings. The van der Waals surface area contributed by atoms with Crippen LogP contribution in [0.1, 0.15) is 43.8 Å². The summed E-state index contributed by atoms with van der Waals surface area (Å²) >= 11 is 0. The first-order valence-electron chi connectivity index (χ1n) is 11.1. The number of pyridine rings is 1. The fraction of sp³-hybridized carbons (Fsp3) is 0.417. The van der Waals surface area contributed by atoms with E-state index in [1.807, 2.05) is 59.9 Å². The van der Waals surface area contributed by atoms with Crippen molar-refractivity contribution in [2.75, 3.05) is 19.8 Å². The Morgan fingerprint density at radius 3 is 2.44 bits per heavy atom. The number of aromatic nitrogens is 3. The van der Waals surface area contributed by atoms with Crippen LogP contribution in [-0.4, -0.2) is 57.4 Å². The summed E-state index contributed by atoms with van der Waals surface area (Å²) in [6.07, 6.45) is -0.583. The molecule has 0 radical (unpaired) electrons. The van der Waals surface area contributed by atoms with Crippen molar-refractivity contribution >= 4 is 17.5 Å². The number of nitrogens with zero attached hydrogens (tertiary/aromatic N) is 3. The van der Waals surface area contributed by atoms with Crippen LogP contribution in [-0.2, 0) is 27.5 Å². The summed E-state index contributed by atoms with van der Waals surface area (Å²) in [5.74, 6) is 0.788. The fourth-order valence-electron chi connectivity index (χ4n) is 2.81. The Morgan fingerprint density at radius 1 is 1.09 bits per heavy atom. The zero-order chi connectivity index (χ0) is 24.9. The predicted molar refractivity (Wildman–Crippen MR) is 127 cm³/mol. The summed E-state index contributed by atoms with van der Waals surface area (Å²) in [6, 6.07) is 15.2. The number of alkyl carbamates (subject to hydrolysis) is 1. The Kier molecular flexibility index (Phi) is 11.1. The molecule has 2 aromatic heterocycles. The van der Waals surface area contributed by atoms with Crippen molar-refractivity contribution in [3.8, 4) is 0 Å². The molecule has 2 atom stereocenters. The lowest BCUT2D eigenvalue weighted by Gasteiger charge is -2.13. The van der Waals surface area contributed by atoms with E-state index in [2.05, 4.69) is 15.5 Å². The number of Topliss-reactive ketones (excluding diaryl/α,β-unsaturated/α-hetero) is 1. The van der Waals surface area contributed by atoms with Gasteiger partial charge in [-0.05, 0) is 31.5 Å². The Morgan fingerprint density at radius 2 is 1.79 bits per heavy atom. The normalized spacial score (nSPS) is 12.4. The van der Waals surface area contributed by atoms with Crippen molar-refractivity contribution in [3.63, 3.8) is 0 Å². The van der Waals surface area contributed by atoms with Gasteiger partial charge in [-0.2, -0.15) is 0 Å². The van der Waals surface area contributed by atoms with Crippen LogP contribution in [0.2, 0.25) is 0 Å². The standard InChI is InChI=1S/C20H24N4O4.C4H9NO/c1-15(12-27-13-16-6-3-2-4-7-16)19-23-22-18-9-5-8-17(24(18)19)14-28-20(26)21-10-11-25;1-3(5)4(2)6/h2-9,15,25H,10-14H2,1H3,(H,21,26);3H,5H2,1-2H3. The third-order valence-electron chi connectivity index (χ3n) is 4.83. The third kappa shape index (κ3) is 8.54. The SMILES string of the molecule is CC(=O)C(C)N.CC(COCc1ccccc1)c1nnc2cccc(COC(=O)NCCO)n12. The maximum Gasteiger partial charge on any atom is 0.407 e. The van der Waals surface area contributed by atoms with E-state index in [1.165, 1.54) is 6.92 Å². The molecule has 184 valence electrons. The molecule has 0 aliphatic carbocycles. The number of benzene rings is 1. The van der Waals surface area contributed by atoms with Crippen molar-refractivity contribution in [2.24, 2.45) is 5.73 Å². The summed E-state index contributed by atoms with van der Waals surface area (Å²) in [7, 11) is 0. The highest BCUT2D eigenvalue weighted by Gasteiger charge is 2.17. The monoisotopic (exact) mass is 471 g/mol. The van der Waals surface area contributed by atoms with Crippen LogP contribution in [0.25, 0.3) is 5.65 Å². The molecule has 0 saturated heterocycles. The van der Waals surface area contributed by atoms with Crippen molar-refractivity contribution in [1.82, 2.24) is 19.9 Å². The number of hydrogen-bond donors (Lipinski definition) is 3. The topological polar surface area (TPSA) is 141 Å². The minimum Gasteiger partial charge on any atom is -0.443 e. The van der Waals surface area contributed by atoms with Crippen molar-refractivity contribution in [2.45, 2.75) is 45.9 Å². The number of nitrogens with one attached hydrogen (secondary N) is 1. The maximum absolute atomic E-state index is 11.6. The van der Waals surface area contributed by atoms with Crippen molar-refractivity contribution in [1.29, 1.82) is 0 Å². The first kappa shape index (κ1) is 26.9. The summed E-state index contributed by atoms with van der Waals surface area (Å²) in [4.78, 5) is 21.7. The highest BCUT2D eigenvalue weighted by atomic mass is 16.5. The van der Waals surface area contributed by atoms with Gasteiger partial charge < -0.3 is 25.6 Å². The van der Waals surface area contributed by atoms with Gasteiger partial charge in [0.1, 0.15) is 18.2 Å². The van der Waals surface area contributed by atoms with Gasteiger partial charge in [0.15, 0.2) is 5.65 Å². The maximum atomic E-state index is 11.6. The molecular formula is C24H33N5O5. The molecule has 4 N–H and O–H groups in total. The molecule has 0 aliphatic heterocycles. The number of carbonyl (C=O) groups is 2. The summed E-state index contributed by atoms with van der Waals surface area (Å²) < 4.78 is 12.9. The van der Waals surface area contributed by atoms with Crippen molar-refractivity contribution in [3.05, 3.63) is 65.6 Å². The Balaban J connectivity index is 0.000000604. The van der Waals surface area contributed by atoms with E-state index in [0.29, 0.717) is 18.9 Å². The van der Waals surface area contributed by atoms with Gasteiger partial charge in [0.05, 0.1) is 31.6 Å².